The first-order chi connectivity index (χ1) is 6.76. The second-order valence-corrected chi connectivity index (χ2v) is 3.89. The molecule has 2 heterocycles. The lowest BCUT2D eigenvalue weighted by Gasteiger charge is -2.36. The Kier molecular flexibility index (Phi) is 2.71. The predicted molar refractivity (Wildman–Crippen MR) is 50.2 cm³/mol. The van der Waals surface area contributed by atoms with Crippen LogP contribution in [0.2, 0.25) is 0 Å². The summed E-state index contributed by atoms with van der Waals surface area (Å²) < 4.78 is 5.30. The summed E-state index contributed by atoms with van der Waals surface area (Å²) in [7, 11) is 0. The summed E-state index contributed by atoms with van der Waals surface area (Å²) in [5.74, 6) is -0.766. The molecule has 0 amide bonds. The molecule has 0 bridgehead atoms. The van der Waals surface area contributed by atoms with Crippen molar-refractivity contribution in [3.8, 4) is 0 Å². The highest BCUT2D eigenvalue weighted by Crippen LogP contribution is 2.24. The summed E-state index contributed by atoms with van der Waals surface area (Å²) in [6, 6.07) is -0.101. The fraction of sp³-hybridized carbons (Fsp3) is 0.889. The zero-order chi connectivity index (χ0) is 10.0. The second-order valence-electron chi connectivity index (χ2n) is 3.89. The van der Waals surface area contributed by atoms with Gasteiger partial charge < -0.3 is 20.5 Å². The molecule has 3 N–H and O–H groups in total. The van der Waals surface area contributed by atoms with Crippen molar-refractivity contribution in [1.29, 1.82) is 0 Å². The van der Waals surface area contributed by atoms with Crippen LogP contribution in [-0.2, 0) is 9.53 Å². The van der Waals surface area contributed by atoms with Crippen LogP contribution in [0.25, 0.3) is 0 Å². The molecule has 80 valence electrons. The first kappa shape index (κ1) is 9.89. The first-order valence-electron chi connectivity index (χ1n) is 5.05. The van der Waals surface area contributed by atoms with Gasteiger partial charge in [-0.3, -0.25) is 4.79 Å². The maximum Gasteiger partial charge on any atom is 0.325 e. The van der Waals surface area contributed by atoms with Crippen molar-refractivity contribution in [2.45, 2.75) is 24.4 Å². The second kappa shape index (κ2) is 3.84. The quantitative estimate of drug-likeness (QED) is 0.543. The van der Waals surface area contributed by atoms with Crippen LogP contribution in [0.1, 0.15) is 12.8 Å². The van der Waals surface area contributed by atoms with Crippen LogP contribution in [-0.4, -0.2) is 49.0 Å². The van der Waals surface area contributed by atoms with Gasteiger partial charge in [0.25, 0.3) is 0 Å². The van der Waals surface area contributed by atoms with E-state index in [0.29, 0.717) is 19.6 Å². The molecule has 2 saturated heterocycles. The van der Waals surface area contributed by atoms with Gasteiger partial charge in [-0.2, -0.15) is 0 Å². The molecule has 5 heteroatoms. The molecule has 0 aromatic carbocycles. The largest absolute Gasteiger partial charge is 0.480 e. The summed E-state index contributed by atoms with van der Waals surface area (Å²) in [5, 5.41) is 15.6. The summed E-state index contributed by atoms with van der Waals surface area (Å²) in [4.78, 5) is 11.3. The third-order valence-corrected chi connectivity index (χ3v) is 3.09. The minimum atomic E-state index is -0.805. The highest BCUT2D eigenvalue weighted by molar-refractivity contribution is 5.80. The Balaban J connectivity index is 2.12. The molecule has 2 aliphatic heterocycles. The van der Waals surface area contributed by atoms with Gasteiger partial charge in [0.05, 0.1) is 19.3 Å². The van der Waals surface area contributed by atoms with Crippen molar-refractivity contribution in [2.75, 3.05) is 26.3 Å². The summed E-state index contributed by atoms with van der Waals surface area (Å²) in [6.45, 7) is 2.68. The molecule has 5 nitrogen and oxygen atoms in total. The van der Waals surface area contributed by atoms with E-state index in [2.05, 4.69) is 10.6 Å². The lowest BCUT2D eigenvalue weighted by molar-refractivity contribution is -0.147. The van der Waals surface area contributed by atoms with Crippen LogP contribution in [0.4, 0.5) is 0 Å². The Morgan fingerprint density at radius 3 is 2.86 bits per heavy atom. The van der Waals surface area contributed by atoms with E-state index in [0.717, 1.165) is 19.5 Å². The third kappa shape index (κ3) is 1.51. The number of morpholine rings is 1. The van der Waals surface area contributed by atoms with Crippen LogP contribution >= 0.6 is 0 Å². The van der Waals surface area contributed by atoms with Gasteiger partial charge in [-0.1, -0.05) is 0 Å². The maximum atomic E-state index is 11.3. The van der Waals surface area contributed by atoms with Gasteiger partial charge >= 0.3 is 5.97 Å². The van der Waals surface area contributed by atoms with E-state index in [-0.39, 0.29) is 6.04 Å². The number of carboxylic acid groups (broad SMARTS) is 1. The van der Waals surface area contributed by atoms with E-state index in [1.807, 2.05) is 0 Å². The molecular formula is C9H16N2O3. The third-order valence-electron chi connectivity index (χ3n) is 3.09. The van der Waals surface area contributed by atoms with Gasteiger partial charge in [0, 0.05) is 6.54 Å². The molecule has 14 heavy (non-hydrogen) atoms. The Labute approximate surface area is 82.8 Å². The van der Waals surface area contributed by atoms with Crippen LogP contribution in [0, 0.1) is 0 Å². The Morgan fingerprint density at radius 1 is 1.50 bits per heavy atom. The highest BCUT2D eigenvalue weighted by Gasteiger charge is 2.48. The molecule has 0 radical (unpaired) electrons. The molecule has 2 atom stereocenters. The number of carboxylic acids is 1. The molecule has 0 spiro atoms. The van der Waals surface area contributed by atoms with Crippen molar-refractivity contribution in [3.63, 3.8) is 0 Å². The van der Waals surface area contributed by atoms with Crippen LogP contribution in [0.3, 0.4) is 0 Å². The zero-order valence-corrected chi connectivity index (χ0v) is 8.08. The van der Waals surface area contributed by atoms with E-state index in [9.17, 15) is 9.90 Å². The van der Waals surface area contributed by atoms with E-state index in [1.54, 1.807) is 0 Å². The van der Waals surface area contributed by atoms with Gasteiger partial charge in [0.2, 0.25) is 0 Å². The number of hydrogen-bond acceptors (Lipinski definition) is 4. The topological polar surface area (TPSA) is 70.6 Å². The number of nitrogens with one attached hydrogen (secondary N) is 2. The fourth-order valence-corrected chi connectivity index (χ4v) is 2.28. The first-order valence-corrected chi connectivity index (χ1v) is 5.05. The fourth-order valence-electron chi connectivity index (χ4n) is 2.28. The molecule has 0 aliphatic carbocycles. The Hall–Kier alpha value is -0.650. The lowest BCUT2D eigenvalue weighted by Crippen LogP contribution is -2.65. The summed E-state index contributed by atoms with van der Waals surface area (Å²) in [5.41, 5.74) is -0.805. The molecule has 1 unspecified atom stereocenters. The summed E-state index contributed by atoms with van der Waals surface area (Å²) >= 11 is 0. The Bertz CT molecular complexity index is 220. The number of ether oxygens (including phenoxy) is 1. The SMILES string of the molecule is O=C(O)[C@]1(C2COCCN2)CCCN1. The Morgan fingerprint density at radius 2 is 2.36 bits per heavy atom. The van der Waals surface area contributed by atoms with Crippen molar-refractivity contribution in [2.24, 2.45) is 0 Å². The molecule has 0 aromatic rings. The molecule has 0 aromatic heterocycles. The van der Waals surface area contributed by atoms with Crippen molar-refractivity contribution in [1.82, 2.24) is 10.6 Å². The van der Waals surface area contributed by atoms with Crippen LogP contribution < -0.4 is 10.6 Å². The van der Waals surface area contributed by atoms with Crippen molar-refractivity contribution < 1.29 is 14.6 Å². The number of rotatable bonds is 2. The van der Waals surface area contributed by atoms with E-state index in [1.165, 1.54) is 0 Å². The molecule has 2 rings (SSSR count). The highest BCUT2D eigenvalue weighted by atomic mass is 16.5. The lowest BCUT2D eigenvalue weighted by atomic mass is 9.88. The number of aliphatic carboxylic acids is 1. The van der Waals surface area contributed by atoms with Gasteiger partial charge in [0.15, 0.2) is 0 Å². The monoisotopic (exact) mass is 200 g/mol. The van der Waals surface area contributed by atoms with E-state index >= 15 is 0 Å². The van der Waals surface area contributed by atoms with Crippen LogP contribution in [0.15, 0.2) is 0 Å². The van der Waals surface area contributed by atoms with E-state index in [4.69, 9.17) is 4.74 Å². The molecule has 0 saturated carbocycles. The smallest absolute Gasteiger partial charge is 0.325 e. The predicted octanol–water partition coefficient (Wildman–Crippen LogP) is -0.818. The normalized spacial score (nSPS) is 38.4. The van der Waals surface area contributed by atoms with Gasteiger partial charge in [-0.15, -0.1) is 0 Å². The van der Waals surface area contributed by atoms with Crippen molar-refractivity contribution in [3.05, 3.63) is 0 Å². The minimum absolute atomic E-state index is 0.101. The molecule has 2 aliphatic rings. The summed E-state index contributed by atoms with van der Waals surface area (Å²) in [6.07, 6.45) is 1.60. The molecular weight excluding hydrogens is 184 g/mol. The van der Waals surface area contributed by atoms with Crippen LogP contribution in [0.5, 0.6) is 0 Å². The van der Waals surface area contributed by atoms with Crippen molar-refractivity contribution >= 4 is 5.97 Å². The van der Waals surface area contributed by atoms with Gasteiger partial charge in [0.1, 0.15) is 5.54 Å². The number of carbonyl (C=O) groups is 1. The standard InChI is InChI=1S/C9H16N2O3/c12-8(13)9(2-1-3-11-9)7-6-14-5-4-10-7/h7,10-11H,1-6H2,(H,12,13)/t7?,9-/m1/s1. The van der Waals surface area contributed by atoms with Gasteiger partial charge in [-0.05, 0) is 19.4 Å². The average molecular weight is 200 g/mol. The number of hydrogen-bond donors (Lipinski definition) is 3. The minimum Gasteiger partial charge on any atom is -0.480 e. The average Bonchev–Trinajstić information content (AvgIpc) is 2.69. The molecule has 2 fully saturated rings. The zero-order valence-electron chi connectivity index (χ0n) is 8.08. The maximum absolute atomic E-state index is 11.3. The van der Waals surface area contributed by atoms with Gasteiger partial charge in [-0.25, -0.2) is 0 Å². The van der Waals surface area contributed by atoms with E-state index < -0.39 is 11.5 Å².